The molecule has 0 spiro atoms. The topological polar surface area (TPSA) is 9.23 Å². The monoisotopic (exact) mass is 85.1 g/mol. The molecule has 35 valence electrons. The van der Waals surface area contributed by atoms with Gasteiger partial charge >= 0.3 is 0 Å². The summed E-state index contributed by atoms with van der Waals surface area (Å²) in [7, 11) is 0. The first-order valence-electron chi connectivity index (χ1n) is 2.38. The average Bonchev–Trinajstić information content (AvgIpc) is 1.31. The van der Waals surface area contributed by atoms with Gasteiger partial charge in [0.25, 0.3) is 0 Å². The fourth-order valence-corrected chi connectivity index (χ4v) is 0.446. The molecule has 1 heterocycles. The van der Waals surface area contributed by atoms with E-state index < -0.39 is 0 Å². The molecule has 1 rings (SSSR count). The maximum absolute atomic E-state index is 4.80. The number of rotatable bonds is 1. The zero-order chi connectivity index (χ0) is 4.41. The molecule has 1 aliphatic heterocycles. The SMILES string of the molecule is CCC1[CH]OC1. The maximum atomic E-state index is 4.80. The minimum atomic E-state index is 0.769. The molecule has 1 nitrogen and oxygen atoms in total. The van der Waals surface area contributed by atoms with E-state index in [0.29, 0.717) is 0 Å². The summed E-state index contributed by atoms with van der Waals surface area (Å²) in [6.07, 6.45) is 1.24. The lowest BCUT2D eigenvalue weighted by Gasteiger charge is -2.22. The quantitative estimate of drug-likeness (QED) is 0.465. The Bertz CT molecular complexity index is 36.4. The summed E-state index contributed by atoms with van der Waals surface area (Å²) in [6.45, 7) is 5.03. The van der Waals surface area contributed by atoms with Crippen molar-refractivity contribution in [2.45, 2.75) is 13.3 Å². The van der Waals surface area contributed by atoms with Crippen LogP contribution in [0.15, 0.2) is 0 Å². The third-order valence-electron chi connectivity index (χ3n) is 1.12. The largest absolute Gasteiger partial charge is 0.375 e. The van der Waals surface area contributed by atoms with Gasteiger partial charge in [-0.1, -0.05) is 6.92 Å². The van der Waals surface area contributed by atoms with E-state index in [0.717, 1.165) is 12.5 Å². The first kappa shape index (κ1) is 4.13. The van der Waals surface area contributed by atoms with Gasteiger partial charge in [-0.2, -0.15) is 0 Å². The predicted molar refractivity (Wildman–Crippen MR) is 24.0 cm³/mol. The van der Waals surface area contributed by atoms with Crippen molar-refractivity contribution in [3.63, 3.8) is 0 Å². The number of hydrogen-bond donors (Lipinski definition) is 0. The molecule has 0 aromatic rings. The Labute approximate surface area is 38.3 Å². The van der Waals surface area contributed by atoms with Crippen molar-refractivity contribution in [3.05, 3.63) is 6.61 Å². The van der Waals surface area contributed by atoms with E-state index in [-0.39, 0.29) is 0 Å². The molecule has 0 N–H and O–H groups in total. The van der Waals surface area contributed by atoms with Crippen LogP contribution in [0, 0.1) is 12.5 Å². The van der Waals surface area contributed by atoms with E-state index in [9.17, 15) is 0 Å². The molecule has 1 radical (unpaired) electrons. The van der Waals surface area contributed by atoms with Gasteiger partial charge in [0.15, 0.2) is 0 Å². The van der Waals surface area contributed by atoms with Crippen LogP contribution in [0.25, 0.3) is 0 Å². The van der Waals surface area contributed by atoms with Gasteiger partial charge in [-0.15, -0.1) is 0 Å². The molecule has 1 heteroatoms. The summed E-state index contributed by atoms with van der Waals surface area (Å²) in [6, 6.07) is 0. The van der Waals surface area contributed by atoms with Crippen molar-refractivity contribution in [3.8, 4) is 0 Å². The molecule has 0 bridgehead atoms. The second kappa shape index (κ2) is 1.61. The molecule has 0 amide bonds. The van der Waals surface area contributed by atoms with Crippen LogP contribution in [0.4, 0.5) is 0 Å². The summed E-state index contributed by atoms with van der Waals surface area (Å²) in [5, 5.41) is 0. The van der Waals surface area contributed by atoms with Gasteiger partial charge in [0.1, 0.15) is 0 Å². The molecular formula is C5H9O. The third-order valence-corrected chi connectivity index (χ3v) is 1.12. The van der Waals surface area contributed by atoms with Crippen LogP contribution in [0.2, 0.25) is 0 Å². The smallest absolute Gasteiger partial charge is 0.0890 e. The summed E-state index contributed by atoms with van der Waals surface area (Å²) < 4.78 is 4.80. The minimum Gasteiger partial charge on any atom is -0.375 e. The van der Waals surface area contributed by atoms with Crippen molar-refractivity contribution in [2.75, 3.05) is 6.61 Å². The highest BCUT2D eigenvalue weighted by Crippen LogP contribution is 2.17. The van der Waals surface area contributed by atoms with Crippen LogP contribution in [-0.4, -0.2) is 6.61 Å². The van der Waals surface area contributed by atoms with Crippen molar-refractivity contribution in [1.82, 2.24) is 0 Å². The Kier molecular flexibility index (Phi) is 1.10. The van der Waals surface area contributed by atoms with E-state index in [2.05, 4.69) is 6.92 Å². The second-order valence-electron chi connectivity index (χ2n) is 1.64. The van der Waals surface area contributed by atoms with E-state index in [4.69, 9.17) is 4.74 Å². The maximum Gasteiger partial charge on any atom is 0.0890 e. The number of ether oxygens (including phenoxy) is 1. The predicted octanol–water partition coefficient (Wildman–Crippen LogP) is 1.20. The van der Waals surface area contributed by atoms with Crippen molar-refractivity contribution in [1.29, 1.82) is 0 Å². The van der Waals surface area contributed by atoms with Crippen molar-refractivity contribution < 1.29 is 4.74 Å². The lowest BCUT2D eigenvalue weighted by atomic mass is 10.1. The Morgan fingerprint density at radius 1 is 2.00 bits per heavy atom. The minimum absolute atomic E-state index is 0.769. The zero-order valence-electron chi connectivity index (χ0n) is 3.98. The fourth-order valence-electron chi connectivity index (χ4n) is 0.446. The van der Waals surface area contributed by atoms with E-state index >= 15 is 0 Å². The van der Waals surface area contributed by atoms with Gasteiger partial charge in [0.05, 0.1) is 13.2 Å². The van der Waals surface area contributed by atoms with Crippen LogP contribution in [0.5, 0.6) is 0 Å². The molecule has 0 aromatic carbocycles. The van der Waals surface area contributed by atoms with E-state index in [1.807, 2.05) is 6.61 Å². The first-order valence-corrected chi connectivity index (χ1v) is 2.38. The van der Waals surface area contributed by atoms with Gasteiger partial charge in [0.2, 0.25) is 0 Å². The Morgan fingerprint density at radius 3 is 2.67 bits per heavy atom. The van der Waals surface area contributed by atoms with Gasteiger partial charge < -0.3 is 4.74 Å². The molecule has 1 unspecified atom stereocenters. The molecule has 1 atom stereocenters. The molecule has 0 aliphatic carbocycles. The van der Waals surface area contributed by atoms with Crippen LogP contribution in [-0.2, 0) is 4.74 Å². The van der Waals surface area contributed by atoms with Crippen LogP contribution in [0.1, 0.15) is 13.3 Å². The molecule has 1 saturated heterocycles. The standard InChI is InChI=1S/C5H9O/c1-2-5-3-6-4-5/h3,5H,2,4H2,1H3. The summed E-state index contributed by atoms with van der Waals surface area (Å²) in [5.74, 6) is 0.769. The Morgan fingerprint density at radius 2 is 2.67 bits per heavy atom. The lowest BCUT2D eigenvalue weighted by Crippen LogP contribution is -2.20. The third kappa shape index (κ3) is 0.548. The average molecular weight is 85.1 g/mol. The Hall–Kier alpha value is -0.0400. The molecule has 1 fully saturated rings. The summed E-state index contributed by atoms with van der Waals surface area (Å²) in [5.41, 5.74) is 0. The summed E-state index contributed by atoms with van der Waals surface area (Å²) >= 11 is 0. The van der Waals surface area contributed by atoms with Crippen LogP contribution < -0.4 is 0 Å². The van der Waals surface area contributed by atoms with Crippen molar-refractivity contribution in [2.24, 2.45) is 5.92 Å². The van der Waals surface area contributed by atoms with E-state index in [1.165, 1.54) is 6.42 Å². The molecular weight excluding hydrogens is 76.1 g/mol. The molecule has 1 aliphatic rings. The fraction of sp³-hybridized carbons (Fsp3) is 0.800. The molecule has 0 aromatic heterocycles. The van der Waals surface area contributed by atoms with Gasteiger partial charge in [-0.3, -0.25) is 0 Å². The van der Waals surface area contributed by atoms with Crippen LogP contribution in [0.3, 0.4) is 0 Å². The van der Waals surface area contributed by atoms with Gasteiger partial charge in [-0.25, -0.2) is 0 Å². The second-order valence-corrected chi connectivity index (χ2v) is 1.64. The van der Waals surface area contributed by atoms with Crippen molar-refractivity contribution >= 4 is 0 Å². The normalized spacial score (nSPS) is 23.5. The highest BCUT2D eigenvalue weighted by Gasteiger charge is 2.15. The van der Waals surface area contributed by atoms with E-state index in [1.54, 1.807) is 0 Å². The number of hydrogen-bond acceptors (Lipinski definition) is 1. The first-order chi connectivity index (χ1) is 2.93. The molecule has 0 saturated carbocycles. The highest BCUT2D eigenvalue weighted by atomic mass is 16.5. The Balaban J connectivity index is 2.01. The van der Waals surface area contributed by atoms with Gasteiger partial charge in [0, 0.05) is 5.92 Å². The zero-order valence-corrected chi connectivity index (χ0v) is 3.98. The summed E-state index contributed by atoms with van der Waals surface area (Å²) in [4.78, 5) is 0. The van der Waals surface area contributed by atoms with Crippen LogP contribution >= 0.6 is 0 Å². The van der Waals surface area contributed by atoms with Gasteiger partial charge in [-0.05, 0) is 6.42 Å². The molecule has 6 heavy (non-hydrogen) atoms. The highest BCUT2D eigenvalue weighted by molar-refractivity contribution is 4.73. The lowest BCUT2D eigenvalue weighted by molar-refractivity contribution is 0.0338.